The summed E-state index contributed by atoms with van der Waals surface area (Å²) >= 11 is 0. The lowest BCUT2D eigenvalue weighted by molar-refractivity contribution is 0.145. The summed E-state index contributed by atoms with van der Waals surface area (Å²) in [4.78, 5) is 20.5. The fraction of sp³-hybridized carbons (Fsp3) is 0.524. The van der Waals surface area contributed by atoms with Gasteiger partial charge in [-0.25, -0.2) is 9.64 Å². The van der Waals surface area contributed by atoms with Crippen LogP contribution in [0.5, 0.6) is 0 Å². The number of nitrogens with one attached hydrogen (secondary N) is 2. The third-order valence-electron chi connectivity index (χ3n) is 4.89. The number of aromatic amines is 1. The molecule has 1 fully saturated rings. The Morgan fingerprint density at radius 3 is 3.04 bits per heavy atom. The first kappa shape index (κ1) is 20.8. The van der Waals surface area contributed by atoms with Gasteiger partial charge >= 0.3 is 6.09 Å². The molecule has 1 aromatic carbocycles. The Morgan fingerprint density at radius 2 is 2.30 bits per heavy atom. The molecular weight excluding hydrogens is 340 g/mol. The highest BCUT2D eigenvalue weighted by atomic mass is 16.5. The molecule has 0 saturated heterocycles. The highest BCUT2D eigenvalue weighted by molar-refractivity contribution is 5.87. The van der Waals surface area contributed by atoms with Crippen molar-refractivity contribution in [2.75, 3.05) is 33.3 Å². The first-order chi connectivity index (χ1) is 12.6. The second kappa shape index (κ2) is 9.43. The Kier molecular flexibility index (Phi) is 7.26. The van der Waals surface area contributed by atoms with E-state index in [0.29, 0.717) is 30.7 Å². The number of carbonyl (C=O) groups excluding carboxylic acids is 1. The number of ether oxygens (including phenoxy) is 1. The summed E-state index contributed by atoms with van der Waals surface area (Å²) in [6.45, 7) is 12.0. The van der Waals surface area contributed by atoms with Gasteiger partial charge in [0.05, 0.1) is 13.2 Å². The number of rotatable bonds is 8. The number of hydrogen-bond acceptors (Lipinski definition) is 3. The molecule has 1 aliphatic carbocycles. The maximum absolute atomic E-state index is 11.4. The number of H-pyrrole nitrogens is 1. The third-order valence-corrected chi connectivity index (χ3v) is 4.89. The van der Waals surface area contributed by atoms with Crippen LogP contribution >= 0.6 is 0 Å². The monoisotopic (exact) mass is 370 g/mol. The van der Waals surface area contributed by atoms with E-state index in [1.54, 1.807) is 0 Å². The first-order valence-corrected chi connectivity index (χ1v) is 9.20. The Labute approximate surface area is 161 Å². The summed E-state index contributed by atoms with van der Waals surface area (Å²) in [5.41, 5.74) is 3.11. The van der Waals surface area contributed by atoms with E-state index >= 15 is 0 Å². The molecule has 6 heteroatoms. The van der Waals surface area contributed by atoms with Gasteiger partial charge in [-0.15, -0.1) is 0 Å². The van der Waals surface area contributed by atoms with Crippen molar-refractivity contribution in [2.45, 2.75) is 33.1 Å². The van der Waals surface area contributed by atoms with E-state index in [1.165, 1.54) is 17.4 Å². The summed E-state index contributed by atoms with van der Waals surface area (Å²) in [5.74, 6) is 1.18. The highest BCUT2D eigenvalue weighted by Crippen LogP contribution is 2.50. The van der Waals surface area contributed by atoms with Crippen molar-refractivity contribution in [3.05, 3.63) is 41.4 Å². The number of alkyl carbamates (subject to hydrolysis) is 1. The fourth-order valence-corrected chi connectivity index (χ4v) is 3.42. The van der Waals surface area contributed by atoms with E-state index in [1.807, 2.05) is 25.1 Å². The van der Waals surface area contributed by atoms with Crippen molar-refractivity contribution in [3.63, 3.8) is 0 Å². The van der Waals surface area contributed by atoms with Crippen molar-refractivity contribution in [3.8, 4) is 0 Å². The number of carbonyl (C=O) groups is 1. The number of benzene rings is 1. The zero-order valence-corrected chi connectivity index (χ0v) is 15.4. The average Bonchev–Trinajstić information content (AvgIpc) is 3.26. The Hall–Kier alpha value is -2.52. The molecule has 1 aliphatic rings. The summed E-state index contributed by atoms with van der Waals surface area (Å²) in [7, 11) is 2.08. The van der Waals surface area contributed by atoms with Gasteiger partial charge in [0.15, 0.2) is 5.69 Å². The summed E-state index contributed by atoms with van der Waals surface area (Å²) in [5, 5.41) is 3.96. The second-order valence-electron chi connectivity index (χ2n) is 7.01. The number of amides is 1. The van der Waals surface area contributed by atoms with E-state index in [9.17, 15) is 4.79 Å². The van der Waals surface area contributed by atoms with Crippen molar-refractivity contribution in [1.82, 2.24) is 15.2 Å². The second-order valence-corrected chi connectivity index (χ2v) is 7.01. The maximum atomic E-state index is 11.4. The Bertz CT molecular complexity index is 808. The van der Waals surface area contributed by atoms with Crippen LogP contribution in [0.3, 0.4) is 0 Å². The lowest BCUT2D eigenvalue weighted by atomic mass is 10.1. The first-order valence-electron chi connectivity index (χ1n) is 9.20. The minimum Gasteiger partial charge on any atom is -0.450 e. The van der Waals surface area contributed by atoms with Crippen LogP contribution in [0.15, 0.2) is 24.4 Å². The van der Waals surface area contributed by atoms with Gasteiger partial charge in [0.2, 0.25) is 0 Å². The van der Waals surface area contributed by atoms with E-state index in [2.05, 4.69) is 33.3 Å². The molecule has 2 aromatic rings. The fourth-order valence-electron chi connectivity index (χ4n) is 3.42. The lowest BCUT2D eigenvalue weighted by Gasteiger charge is -2.16. The number of hydrogen-bond donors (Lipinski definition) is 2. The zero-order valence-electron chi connectivity index (χ0n) is 15.4. The van der Waals surface area contributed by atoms with Crippen LogP contribution in [-0.2, 0) is 4.74 Å². The van der Waals surface area contributed by atoms with Crippen molar-refractivity contribution < 1.29 is 9.53 Å². The van der Waals surface area contributed by atoms with E-state index in [4.69, 9.17) is 11.3 Å². The topological polar surface area (TPSA) is 61.7 Å². The molecule has 1 heterocycles. The van der Waals surface area contributed by atoms with Crippen LogP contribution in [0.25, 0.3) is 15.7 Å². The molecule has 0 spiro atoms. The molecule has 1 aromatic heterocycles. The molecule has 2 atom stereocenters. The van der Waals surface area contributed by atoms with Crippen LogP contribution in [0.1, 0.15) is 38.7 Å². The number of likely N-dealkylation sites (N-methyl/N-ethyl adjacent to an activating group) is 1. The Balaban J connectivity index is 0.00000261. The smallest absolute Gasteiger partial charge is 0.407 e. The molecule has 0 bridgehead atoms. The van der Waals surface area contributed by atoms with Crippen LogP contribution in [-0.4, -0.2) is 49.3 Å². The van der Waals surface area contributed by atoms with Gasteiger partial charge in [0.1, 0.15) is 0 Å². The van der Waals surface area contributed by atoms with E-state index in [0.717, 1.165) is 25.0 Å². The van der Waals surface area contributed by atoms with Crippen molar-refractivity contribution in [2.24, 2.45) is 5.92 Å². The SMILES string of the molecule is C.[C-]#[N+]c1ccc2[nH]cc(C3CC3CN(C)CCNC(=O)OCCC)c2c1. The third kappa shape index (κ3) is 5.24. The summed E-state index contributed by atoms with van der Waals surface area (Å²) in [6, 6.07) is 5.82. The van der Waals surface area contributed by atoms with Gasteiger partial charge in [0.25, 0.3) is 0 Å². The quantitative estimate of drug-likeness (QED) is 0.671. The van der Waals surface area contributed by atoms with E-state index in [-0.39, 0.29) is 13.5 Å². The van der Waals surface area contributed by atoms with Crippen molar-refractivity contribution in [1.29, 1.82) is 0 Å². The molecule has 2 unspecified atom stereocenters. The predicted molar refractivity (Wildman–Crippen MR) is 109 cm³/mol. The van der Waals surface area contributed by atoms with Gasteiger partial charge in [-0.3, -0.25) is 0 Å². The minimum atomic E-state index is -0.334. The van der Waals surface area contributed by atoms with Crippen molar-refractivity contribution >= 4 is 22.7 Å². The highest BCUT2D eigenvalue weighted by Gasteiger charge is 2.40. The molecule has 0 aliphatic heterocycles. The van der Waals surface area contributed by atoms with Gasteiger partial charge in [0, 0.05) is 31.3 Å². The van der Waals surface area contributed by atoms with Gasteiger partial charge in [-0.2, -0.15) is 0 Å². The number of nitrogens with zero attached hydrogens (tertiary/aromatic N) is 2. The summed E-state index contributed by atoms with van der Waals surface area (Å²) in [6.07, 6.45) is 3.76. The van der Waals surface area contributed by atoms with Crippen LogP contribution in [0.2, 0.25) is 0 Å². The molecule has 0 radical (unpaired) electrons. The van der Waals surface area contributed by atoms with Crippen LogP contribution < -0.4 is 5.32 Å². The largest absolute Gasteiger partial charge is 0.450 e. The number of fused-ring (bicyclic) bond motifs is 1. The molecule has 1 saturated carbocycles. The van der Waals surface area contributed by atoms with Crippen LogP contribution in [0.4, 0.5) is 10.5 Å². The maximum Gasteiger partial charge on any atom is 0.407 e. The average molecular weight is 370 g/mol. The Morgan fingerprint density at radius 1 is 1.48 bits per heavy atom. The zero-order chi connectivity index (χ0) is 18.5. The lowest BCUT2D eigenvalue weighted by Crippen LogP contribution is -2.34. The van der Waals surface area contributed by atoms with Gasteiger partial charge in [-0.05, 0) is 54.8 Å². The minimum absolute atomic E-state index is 0. The standard InChI is InChI=1S/C20H26N4O2.CH4/c1-4-9-26-20(25)22-7-8-24(3)13-14-10-16(14)18-12-23-19-6-5-15(21-2)11-17(18)19;/h5-6,11-12,14,16,23H,4,7-10,13H2,1,3H3,(H,22,25);1H4. The molecule has 146 valence electrons. The summed E-state index contributed by atoms with van der Waals surface area (Å²) < 4.78 is 5.00. The van der Waals surface area contributed by atoms with Gasteiger partial charge < -0.3 is 19.9 Å². The predicted octanol–water partition coefficient (Wildman–Crippen LogP) is 4.53. The normalized spacial score (nSPS) is 18.0. The van der Waals surface area contributed by atoms with E-state index < -0.39 is 0 Å². The number of aromatic nitrogens is 1. The molecule has 3 rings (SSSR count). The molecule has 2 N–H and O–H groups in total. The van der Waals surface area contributed by atoms with Crippen LogP contribution in [0, 0.1) is 12.5 Å². The van der Waals surface area contributed by atoms with Gasteiger partial charge in [-0.1, -0.05) is 20.4 Å². The molecule has 6 nitrogen and oxygen atoms in total. The molecule has 27 heavy (non-hydrogen) atoms. The molecular formula is C21H30N4O2. The molecule has 1 amide bonds.